The predicted molar refractivity (Wildman–Crippen MR) is 102 cm³/mol. The van der Waals surface area contributed by atoms with E-state index in [2.05, 4.69) is 65.8 Å². The van der Waals surface area contributed by atoms with Crippen molar-refractivity contribution in [2.75, 3.05) is 0 Å². The van der Waals surface area contributed by atoms with Gasteiger partial charge < -0.3 is 0 Å². The van der Waals surface area contributed by atoms with Crippen LogP contribution in [0.4, 0.5) is 0 Å². The Hall–Kier alpha value is 0.280. The molecule has 0 saturated heterocycles. The average Bonchev–Trinajstić information content (AvgIpc) is 2.95. The standard InChI is InChI=1S/2C9H13.CH2.2ClH.Hf/c2*1-9(2,3)8-6-4-5-7-8;;;;/h2*4,6H,5H2,1-3H3;1H2;2*1H;. The van der Waals surface area contributed by atoms with Gasteiger partial charge in [-0.25, -0.2) is 0 Å². The third-order valence-corrected chi connectivity index (χ3v) is 12.8. The van der Waals surface area contributed by atoms with Crippen LogP contribution >= 0.6 is 24.8 Å². The van der Waals surface area contributed by atoms with Gasteiger partial charge in [0.1, 0.15) is 0 Å². The zero-order valence-electron chi connectivity index (χ0n) is 14.7. The van der Waals surface area contributed by atoms with Gasteiger partial charge in [-0.3, -0.25) is 0 Å². The molecular weight excluding hydrogens is 478 g/mol. The molecule has 0 aromatic heterocycles. The van der Waals surface area contributed by atoms with Crippen molar-refractivity contribution >= 4 is 29.1 Å². The van der Waals surface area contributed by atoms with Crippen molar-refractivity contribution in [3.63, 3.8) is 0 Å². The molecule has 0 unspecified atom stereocenters. The number of rotatable bonds is 2. The molecule has 0 nitrogen and oxygen atoms in total. The van der Waals surface area contributed by atoms with Crippen LogP contribution in [-0.4, -0.2) is 4.26 Å². The van der Waals surface area contributed by atoms with E-state index >= 15 is 0 Å². The van der Waals surface area contributed by atoms with E-state index in [1.165, 1.54) is 12.8 Å². The Morgan fingerprint density at radius 1 is 0.773 bits per heavy atom. The second kappa shape index (κ2) is 7.90. The molecular formula is C19H30Cl2Hf. The molecule has 0 saturated carbocycles. The van der Waals surface area contributed by atoms with Crippen LogP contribution in [0.5, 0.6) is 0 Å². The quantitative estimate of drug-likeness (QED) is 0.379. The molecule has 0 aliphatic heterocycles. The van der Waals surface area contributed by atoms with Crippen LogP contribution in [0.1, 0.15) is 54.4 Å². The summed E-state index contributed by atoms with van der Waals surface area (Å²) in [4.78, 5) is 0. The summed E-state index contributed by atoms with van der Waals surface area (Å²) in [6.07, 6.45) is 11.8. The van der Waals surface area contributed by atoms with Gasteiger partial charge in [0.05, 0.1) is 0 Å². The molecule has 0 amide bonds. The molecule has 2 aliphatic rings. The Kier molecular flexibility index (Phi) is 8.00. The summed E-state index contributed by atoms with van der Waals surface area (Å²) >= 11 is -2.07. The Morgan fingerprint density at radius 3 is 1.36 bits per heavy atom. The van der Waals surface area contributed by atoms with Crippen molar-refractivity contribution in [3.8, 4) is 0 Å². The summed E-state index contributed by atoms with van der Waals surface area (Å²) in [5.74, 6) is 0. The molecule has 0 aromatic carbocycles. The van der Waals surface area contributed by atoms with Gasteiger partial charge in [-0.15, -0.1) is 24.8 Å². The van der Waals surface area contributed by atoms with Gasteiger partial charge in [-0.1, -0.05) is 0 Å². The van der Waals surface area contributed by atoms with Gasteiger partial charge in [0.25, 0.3) is 0 Å². The molecule has 0 spiro atoms. The molecule has 0 atom stereocenters. The fraction of sp³-hybridized carbons (Fsp3) is 0.526. The van der Waals surface area contributed by atoms with E-state index in [-0.39, 0.29) is 35.6 Å². The molecule has 0 bridgehead atoms. The van der Waals surface area contributed by atoms with Crippen molar-refractivity contribution < 1.29 is 21.0 Å². The fourth-order valence-corrected chi connectivity index (χ4v) is 12.7. The summed E-state index contributed by atoms with van der Waals surface area (Å²) in [6.45, 7) is 14.0. The first kappa shape index (κ1) is 22.3. The fourth-order valence-electron chi connectivity index (χ4n) is 3.17. The Balaban J connectivity index is 0.00000220. The summed E-state index contributed by atoms with van der Waals surface area (Å²) in [5.41, 5.74) is 3.71. The molecule has 124 valence electrons. The normalized spacial score (nSPS) is 17.7. The maximum atomic E-state index is 4.75. The predicted octanol–water partition coefficient (Wildman–Crippen LogP) is 6.40. The van der Waals surface area contributed by atoms with Crippen molar-refractivity contribution in [2.45, 2.75) is 54.4 Å². The van der Waals surface area contributed by atoms with Crippen molar-refractivity contribution in [3.05, 3.63) is 42.1 Å². The second-order valence-corrected chi connectivity index (χ2v) is 15.8. The molecule has 0 fully saturated rings. The second-order valence-electron chi connectivity index (χ2n) is 7.98. The molecule has 0 aromatic rings. The SMILES string of the molecule is Cl.Cl.[CH2]=[Hf]([C]1=C(C(C)(C)C)C=CC1)[C]1=C(C(C)(C)C)C=CC1. The van der Waals surface area contributed by atoms with Crippen LogP contribution in [0, 0.1) is 10.8 Å². The van der Waals surface area contributed by atoms with E-state index in [0.717, 1.165) is 0 Å². The monoisotopic (exact) mass is 508 g/mol. The maximum absolute atomic E-state index is 4.75. The third kappa shape index (κ3) is 4.65. The first-order valence-electron chi connectivity index (χ1n) is 7.62. The Morgan fingerprint density at radius 2 is 1.09 bits per heavy atom. The summed E-state index contributed by atoms with van der Waals surface area (Å²) in [5, 5.41) is 0. The van der Waals surface area contributed by atoms with Gasteiger partial charge in [0.15, 0.2) is 0 Å². The molecule has 0 radical (unpaired) electrons. The van der Waals surface area contributed by atoms with Crippen LogP contribution < -0.4 is 0 Å². The van der Waals surface area contributed by atoms with Crippen LogP contribution in [0.3, 0.4) is 0 Å². The van der Waals surface area contributed by atoms with E-state index < -0.39 is 21.0 Å². The number of hydrogen-bond donors (Lipinski definition) is 0. The van der Waals surface area contributed by atoms with Crippen molar-refractivity contribution in [1.29, 1.82) is 0 Å². The van der Waals surface area contributed by atoms with Gasteiger partial charge in [-0.2, -0.15) is 0 Å². The summed E-state index contributed by atoms with van der Waals surface area (Å²) in [7, 11) is 0. The van der Waals surface area contributed by atoms with E-state index in [9.17, 15) is 0 Å². The van der Waals surface area contributed by atoms with E-state index in [1.807, 2.05) is 0 Å². The number of allylic oxidation sites excluding steroid dienone is 8. The van der Waals surface area contributed by atoms with E-state index in [1.54, 1.807) is 17.8 Å². The molecule has 0 heterocycles. The van der Waals surface area contributed by atoms with Crippen LogP contribution in [0.25, 0.3) is 0 Å². The average molecular weight is 508 g/mol. The van der Waals surface area contributed by atoms with Crippen molar-refractivity contribution in [2.24, 2.45) is 10.8 Å². The first-order valence-corrected chi connectivity index (χ1v) is 13.8. The van der Waals surface area contributed by atoms with Crippen molar-refractivity contribution in [1.82, 2.24) is 0 Å². The zero-order valence-corrected chi connectivity index (χ0v) is 20.0. The summed E-state index contributed by atoms with van der Waals surface area (Å²) < 4.78 is 8.22. The van der Waals surface area contributed by atoms with Gasteiger partial charge in [0, 0.05) is 0 Å². The minimum atomic E-state index is -2.07. The van der Waals surface area contributed by atoms with Crippen LogP contribution in [-0.2, 0) is 21.0 Å². The number of hydrogen-bond acceptors (Lipinski definition) is 0. The minimum absolute atomic E-state index is 0. The summed E-state index contributed by atoms with van der Waals surface area (Å²) in [6, 6.07) is 0. The zero-order chi connectivity index (χ0) is 15.1. The molecule has 2 aliphatic carbocycles. The number of halogens is 2. The van der Waals surface area contributed by atoms with Crippen LogP contribution in [0.2, 0.25) is 0 Å². The van der Waals surface area contributed by atoms with Gasteiger partial charge in [0.2, 0.25) is 0 Å². The molecule has 2 rings (SSSR count). The first-order chi connectivity index (χ1) is 9.12. The Bertz CT molecular complexity index is 511. The van der Waals surface area contributed by atoms with Crippen LogP contribution in [0.15, 0.2) is 42.1 Å². The van der Waals surface area contributed by atoms with Gasteiger partial charge >= 0.3 is 133 Å². The Labute approximate surface area is 156 Å². The molecule has 22 heavy (non-hydrogen) atoms. The molecule has 0 N–H and O–H groups in total. The van der Waals surface area contributed by atoms with E-state index in [4.69, 9.17) is 4.26 Å². The topological polar surface area (TPSA) is 0 Å². The third-order valence-electron chi connectivity index (χ3n) is 4.21. The molecule has 3 heteroatoms. The van der Waals surface area contributed by atoms with Gasteiger partial charge in [-0.05, 0) is 0 Å². The van der Waals surface area contributed by atoms with E-state index in [0.29, 0.717) is 0 Å².